The van der Waals surface area contributed by atoms with Gasteiger partial charge in [-0.15, -0.1) is 0 Å². The van der Waals surface area contributed by atoms with Crippen LogP contribution in [0.2, 0.25) is 5.02 Å². The van der Waals surface area contributed by atoms with E-state index in [-0.39, 0.29) is 10.7 Å². The third-order valence-electron chi connectivity index (χ3n) is 3.11. The number of imide groups is 1. The SMILES string of the molecule is N#Cc1ccc(Cl)c(N2C(=O)c3ccccc3C2=O)c1. The highest BCUT2D eigenvalue weighted by molar-refractivity contribution is 6.39. The van der Waals surface area contributed by atoms with E-state index in [4.69, 9.17) is 16.9 Å². The molecule has 2 aromatic rings. The van der Waals surface area contributed by atoms with Gasteiger partial charge in [0.25, 0.3) is 11.8 Å². The Morgan fingerprint density at radius 3 is 2.15 bits per heavy atom. The normalized spacial score (nSPS) is 13.3. The second-order valence-corrected chi connectivity index (χ2v) is 4.68. The van der Waals surface area contributed by atoms with E-state index in [1.807, 2.05) is 6.07 Å². The quantitative estimate of drug-likeness (QED) is 0.755. The van der Waals surface area contributed by atoms with Gasteiger partial charge in [0, 0.05) is 0 Å². The lowest BCUT2D eigenvalue weighted by Crippen LogP contribution is -2.29. The van der Waals surface area contributed by atoms with Crippen molar-refractivity contribution < 1.29 is 9.59 Å². The molecule has 0 atom stereocenters. The van der Waals surface area contributed by atoms with E-state index in [1.54, 1.807) is 24.3 Å². The Kier molecular flexibility index (Phi) is 2.78. The second-order valence-electron chi connectivity index (χ2n) is 4.27. The standard InChI is InChI=1S/C15H7ClN2O2/c16-12-6-5-9(8-17)7-13(12)18-14(19)10-3-1-2-4-11(10)15(18)20/h1-7H. The van der Waals surface area contributed by atoms with Gasteiger partial charge in [-0.3, -0.25) is 9.59 Å². The zero-order valence-electron chi connectivity index (χ0n) is 10.1. The minimum absolute atomic E-state index is 0.233. The van der Waals surface area contributed by atoms with Crippen LogP contribution in [-0.2, 0) is 0 Å². The van der Waals surface area contributed by atoms with Gasteiger partial charge in [-0.25, -0.2) is 4.90 Å². The lowest BCUT2D eigenvalue weighted by atomic mass is 10.1. The molecule has 5 heteroatoms. The van der Waals surface area contributed by atoms with E-state index in [9.17, 15) is 9.59 Å². The van der Waals surface area contributed by atoms with Gasteiger partial charge in [-0.1, -0.05) is 23.7 Å². The Morgan fingerprint density at radius 2 is 1.60 bits per heavy atom. The van der Waals surface area contributed by atoms with Crippen molar-refractivity contribution >= 4 is 29.1 Å². The predicted molar refractivity (Wildman–Crippen MR) is 73.7 cm³/mol. The van der Waals surface area contributed by atoms with Gasteiger partial charge >= 0.3 is 0 Å². The highest BCUT2D eigenvalue weighted by Crippen LogP contribution is 2.33. The Balaban J connectivity index is 2.17. The van der Waals surface area contributed by atoms with E-state index in [2.05, 4.69) is 0 Å². The number of anilines is 1. The number of hydrogen-bond donors (Lipinski definition) is 0. The summed E-state index contributed by atoms with van der Waals surface area (Å²) in [5.74, 6) is -0.856. The average Bonchev–Trinajstić information content (AvgIpc) is 2.72. The number of nitriles is 1. The highest BCUT2D eigenvalue weighted by Gasteiger charge is 2.37. The monoisotopic (exact) mass is 282 g/mol. The van der Waals surface area contributed by atoms with Crippen LogP contribution in [-0.4, -0.2) is 11.8 Å². The summed E-state index contributed by atoms with van der Waals surface area (Å²) in [7, 11) is 0. The first kappa shape index (κ1) is 12.4. The maximum Gasteiger partial charge on any atom is 0.266 e. The van der Waals surface area contributed by atoms with Crippen LogP contribution in [0.1, 0.15) is 26.3 Å². The topological polar surface area (TPSA) is 61.2 Å². The summed E-state index contributed by atoms with van der Waals surface area (Å²) in [4.78, 5) is 25.7. The summed E-state index contributed by atoms with van der Waals surface area (Å²) in [5, 5.41) is 9.17. The Labute approximate surface area is 119 Å². The molecule has 1 aliphatic heterocycles. The second kappa shape index (κ2) is 4.48. The fourth-order valence-corrected chi connectivity index (χ4v) is 2.36. The molecule has 20 heavy (non-hydrogen) atoms. The van der Waals surface area contributed by atoms with Crippen LogP contribution in [0.25, 0.3) is 0 Å². The van der Waals surface area contributed by atoms with Crippen LogP contribution in [0.4, 0.5) is 5.69 Å². The molecule has 4 nitrogen and oxygen atoms in total. The summed E-state index contributed by atoms with van der Waals surface area (Å²) in [6.07, 6.45) is 0. The van der Waals surface area contributed by atoms with Crippen LogP contribution in [0, 0.1) is 11.3 Å². The Bertz CT molecular complexity index is 758. The van der Waals surface area contributed by atoms with Crippen molar-refractivity contribution in [2.45, 2.75) is 0 Å². The lowest BCUT2D eigenvalue weighted by molar-refractivity contribution is 0.0926. The van der Waals surface area contributed by atoms with Gasteiger partial charge in [0.2, 0.25) is 0 Å². The molecule has 0 spiro atoms. The molecule has 2 aromatic carbocycles. The number of carbonyl (C=O) groups excluding carboxylic acids is 2. The number of halogens is 1. The fourth-order valence-electron chi connectivity index (χ4n) is 2.16. The van der Waals surface area contributed by atoms with E-state index in [1.165, 1.54) is 18.2 Å². The van der Waals surface area contributed by atoms with Crippen LogP contribution in [0.15, 0.2) is 42.5 Å². The predicted octanol–water partition coefficient (Wildman–Crippen LogP) is 3.01. The molecule has 1 heterocycles. The molecule has 96 valence electrons. The number of carbonyl (C=O) groups is 2. The van der Waals surface area contributed by atoms with Crippen LogP contribution in [0.3, 0.4) is 0 Å². The smallest absolute Gasteiger partial charge is 0.266 e. The third-order valence-corrected chi connectivity index (χ3v) is 3.43. The number of amides is 2. The molecule has 0 bridgehead atoms. The first-order chi connectivity index (χ1) is 9.63. The summed E-state index contributed by atoms with van der Waals surface area (Å²) in [6.45, 7) is 0. The molecular formula is C15H7ClN2O2. The largest absolute Gasteiger partial charge is 0.268 e. The van der Waals surface area contributed by atoms with Crippen molar-refractivity contribution in [1.29, 1.82) is 5.26 Å². The van der Waals surface area contributed by atoms with Gasteiger partial charge in [-0.2, -0.15) is 5.26 Å². The molecule has 0 aromatic heterocycles. The van der Waals surface area contributed by atoms with Crippen LogP contribution >= 0.6 is 11.6 Å². The summed E-state index contributed by atoms with van der Waals surface area (Å²) >= 11 is 6.05. The van der Waals surface area contributed by atoms with Crippen molar-refractivity contribution in [2.24, 2.45) is 0 Å². The van der Waals surface area contributed by atoms with Gasteiger partial charge in [0.15, 0.2) is 0 Å². The lowest BCUT2D eigenvalue weighted by Gasteiger charge is -2.15. The van der Waals surface area contributed by atoms with Crippen molar-refractivity contribution in [1.82, 2.24) is 0 Å². The van der Waals surface area contributed by atoms with E-state index >= 15 is 0 Å². The van der Waals surface area contributed by atoms with Crippen LogP contribution in [0.5, 0.6) is 0 Å². The minimum atomic E-state index is -0.428. The maximum absolute atomic E-state index is 12.3. The first-order valence-electron chi connectivity index (χ1n) is 5.81. The van der Waals surface area contributed by atoms with Crippen LogP contribution < -0.4 is 4.90 Å². The molecular weight excluding hydrogens is 276 g/mol. The molecule has 0 radical (unpaired) electrons. The molecule has 0 aliphatic carbocycles. The molecule has 1 aliphatic rings. The number of rotatable bonds is 1. The third kappa shape index (κ3) is 1.68. The van der Waals surface area contributed by atoms with E-state index in [0.29, 0.717) is 16.7 Å². The highest BCUT2D eigenvalue weighted by atomic mass is 35.5. The number of fused-ring (bicyclic) bond motifs is 1. The van der Waals surface area contributed by atoms with Gasteiger partial charge in [0.1, 0.15) is 0 Å². The van der Waals surface area contributed by atoms with Crippen molar-refractivity contribution in [3.05, 3.63) is 64.2 Å². The van der Waals surface area contributed by atoms with Crippen molar-refractivity contribution in [2.75, 3.05) is 4.90 Å². The molecule has 2 amide bonds. The average molecular weight is 283 g/mol. The number of hydrogen-bond acceptors (Lipinski definition) is 3. The zero-order valence-corrected chi connectivity index (χ0v) is 10.9. The zero-order chi connectivity index (χ0) is 14.3. The van der Waals surface area contributed by atoms with Crippen molar-refractivity contribution in [3.63, 3.8) is 0 Å². The summed E-state index contributed by atoms with van der Waals surface area (Å²) < 4.78 is 0. The minimum Gasteiger partial charge on any atom is -0.268 e. The molecule has 3 rings (SSSR count). The first-order valence-corrected chi connectivity index (χ1v) is 6.19. The molecule has 0 unspecified atom stereocenters. The van der Waals surface area contributed by atoms with Gasteiger partial charge in [-0.05, 0) is 30.3 Å². The Hall–Kier alpha value is -2.64. The van der Waals surface area contributed by atoms with Crippen molar-refractivity contribution in [3.8, 4) is 6.07 Å². The molecule has 0 saturated carbocycles. The van der Waals surface area contributed by atoms with E-state index in [0.717, 1.165) is 4.90 Å². The summed E-state index contributed by atoms with van der Waals surface area (Å²) in [5.41, 5.74) is 1.25. The molecule has 0 N–H and O–H groups in total. The van der Waals surface area contributed by atoms with E-state index < -0.39 is 11.8 Å². The van der Waals surface area contributed by atoms with Gasteiger partial charge < -0.3 is 0 Å². The Morgan fingerprint density at radius 1 is 1.00 bits per heavy atom. The van der Waals surface area contributed by atoms with Gasteiger partial charge in [0.05, 0.1) is 33.5 Å². The fraction of sp³-hybridized carbons (Fsp3) is 0. The molecule has 0 saturated heterocycles. The number of benzene rings is 2. The summed E-state index contributed by atoms with van der Waals surface area (Å²) in [6, 6.07) is 13.0. The maximum atomic E-state index is 12.3. The molecule has 0 fully saturated rings. The number of nitrogens with zero attached hydrogens (tertiary/aromatic N) is 2.